The van der Waals surface area contributed by atoms with Crippen LogP contribution < -0.4 is 15.6 Å². The van der Waals surface area contributed by atoms with Crippen molar-refractivity contribution in [3.8, 4) is 16.9 Å². The number of primary sulfonamides is 1. The van der Waals surface area contributed by atoms with Crippen LogP contribution in [-0.4, -0.2) is 37.7 Å². The molecule has 0 radical (unpaired) electrons. The van der Waals surface area contributed by atoms with E-state index in [1.165, 1.54) is 18.2 Å². The van der Waals surface area contributed by atoms with Crippen LogP contribution in [0.15, 0.2) is 107 Å². The lowest BCUT2D eigenvalue weighted by atomic mass is 10.0. The van der Waals surface area contributed by atoms with E-state index in [1.807, 2.05) is 19.9 Å². The molecule has 0 bridgehead atoms. The zero-order valence-electron chi connectivity index (χ0n) is 24.3. The predicted molar refractivity (Wildman–Crippen MR) is 167 cm³/mol. The largest absolute Gasteiger partial charge is 0.441 e. The monoisotopic (exact) mass is 616 g/mol. The standard InChI is InChI=1S/C33H33FN4O5S/c1-22(2)20-38(31(39)19-23-10-12-25(13-11-23)29-8-3-4-9-30(29)44(36,41)42)21-24-6-5-7-26(18-24)32(35)37-33(40)43-28-16-14-27(34)15-17-28/h3-18,22H,19-21H2,1-2H3,(H2,35,37,40)(H2,36,41,42). The third kappa shape index (κ3) is 8.82. The van der Waals surface area contributed by atoms with Crippen molar-refractivity contribution in [3.05, 3.63) is 120 Å². The van der Waals surface area contributed by atoms with Crippen molar-refractivity contribution in [2.24, 2.45) is 21.8 Å². The fourth-order valence-corrected chi connectivity index (χ4v) is 5.34. The first-order valence-corrected chi connectivity index (χ1v) is 15.3. The number of hydrogen-bond acceptors (Lipinski definition) is 5. The molecule has 4 N–H and O–H groups in total. The van der Waals surface area contributed by atoms with Gasteiger partial charge in [0.15, 0.2) is 0 Å². The molecule has 4 aromatic carbocycles. The molecule has 4 rings (SSSR count). The first kappa shape index (κ1) is 32.1. The molecule has 0 aliphatic heterocycles. The van der Waals surface area contributed by atoms with Gasteiger partial charge in [0.25, 0.3) is 0 Å². The first-order valence-electron chi connectivity index (χ1n) is 13.8. The van der Waals surface area contributed by atoms with Crippen molar-refractivity contribution >= 4 is 27.9 Å². The SMILES string of the molecule is CC(C)CN(Cc1cccc(C(N)=NC(=O)Oc2ccc(F)cc2)c1)C(=O)Cc1ccc(-c2ccccc2S(N)(=O)=O)cc1. The molecule has 11 heteroatoms. The lowest BCUT2D eigenvalue weighted by Gasteiger charge is -2.25. The maximum absolute atomic E-state index is 13.4. The lowest BCUT2D eigenvalue weighted by molar-refractivity contribution is -0.131. The lowest BCUT2D eigenvalue weighted by Crippen LogP contribution is -2.35. The highest BCUT2D eigenvalue weighted by atomic mass is 32.2. The van der Waals surface area contributed by atoms with E-state index in [2.05, 4.69) is 4.99 Å². The van der Waals surface area contributed by atoms with Crippen molar-refractivity contribution in [2.75, 3.05) is 6.54 Å². The molecule has 44 heavy (non-hydrogen) atoms. The summed E-state index contributed by atoms with van der Waals surface area (Å²) in [4.78, 5) is 31.2. The van der Waals surface area contributed by atoms with Gasteiger partial charge < -0.3 is 15.4 Å². The minimum atomic E-state index is -3.90. The Hall–Kier alpha value is -4.87. The van der Waals surface area contributed by atoms with Crippen molar-refractivity contribution in [1.82, 2.24) is 4.90 Å². The van der Waals surface area contributed by atoms with E-state index in [-0.39, 0.29) is 34.7 Å². The van der Waals surface area contributed by atoms with Gasteiger partial charge in [0.05, 0.1) is 11.3 Å². The highest BCUT2D eigenvalue weighted by Gasteiger charge is 2.18. The number of nitrogens with two attached hydrogens (primary N) is 2. The Labute approximate surface area is 256 Å². The maximum atomic E-state index is 13.4. The smallest absolute Gasteiger partial charge is 0.409 e. The van der Waals surface area contributed by atoms with Crippen LogP contribution in [0.3, 0.4) is 0 Å². The molecule has 0 spiro atoms. The average molecular weight is 617 g/mol. The number of carbonyl (C=O) groups excluding carboxylic acids is 2. The van der Waals surface area contributed by atoms with Crippen LogP contribution in [0, 0.1) is 11.7 Å². The number of amides is 2. The molecular formula is C33H33FN4O5S. The molecule has 0 saturated heterocycles. The number of rotatable bonds is 10. The number of aliphatic imine (C=N–C) groups is 1. The summed E-state index contributed by atoms with van der Waals surface area (Å²) < 4.78 is 42.2. The molecular weight excluding hydrogens is 583 g/mol. The summed E-state index contributed by atoms with van der Waals surface area (Å²) in [6, 6.07) is 25.6. The second kappa shape index (κ2) is 14.1. The molecule has 0 aliphatic carbocycles. The number of ether oxygens (including phenoxy) is 1. The number of carbonyl (C=O) groups is 2. The van der Waals surface area contributed by atoms with E-state index in [0.717, 1.165) is 23.3 Å². The predicted octanol–water partition coefficient (Wildman–Crippen LogP) is 5.27. The second-order valence-corrected chi connectivity index (χ2v) is 12.1. The second-order valence-electron chi connectivity index (χ2n) is 10.6. The molecule has 2 amide bonds. The van der Waals surface area contributed by atoms with Crippen LogP contribution in [-0.2, 0) is 27.8 Å². The molecule has 0 saturated carbocycles. The van der Waals surface area contributed by atoms with Crippen molar-refractivity contribution in [1.29, 1.82) is 0 Å². The summed E-state index contributed by atoms with van der Waals surface area (Å²) in [5.41, 5.74) is 9.26. The molecule has 0 heterocycles. The molecule has 9 nitrogen and oxygen atoms in total. The Morgan fingerprint density at radius 1 is 0.909 bits per heavy atom. The van der Waals surface area contributed by atoms with Gasteiger partial charge in [-0.1, -0.05) is 74.5 Å². The molecule has 0 unspecified atom stereocenters. The van der Waals surface area contributed by atoms with Gasteiger partial charge in [0.1, 0.15) is 17.4 Å². The van der Waals surface area contributed by atoms with Gasteiger partial charge in [-0.3, -0.25) is 4.79 Å². The van der Waals surface area contributed by atoms with Gasteiger partial charge in [-0.05, 0) is 59.0 Å². The third-order valence-electron chi connectivity index (χ3n) is 6.58. The van der Waals surface area contributed by atoms with Crippen LogP contribution in [0.5, 0.6) is 5.75 Å². The van der Waals surface area contributed by atoms with Crippen molar-refractivity contribution in [2.45, 2.75) is 31.7 Å². The number of amidine groups is 1. The highest BCUT2D eigenvalue weighted by molar-refractivity contribution is 7.89. The van der Waals surface area contributed by atoms with Gasteiger partial charge >= 0.3 is 6.09 Å². The van der Waals surface area contributed by atoms with Crippen LogP contribution in [0.25, 0.3) is 11.1 Å². The Bertz CT molecular complexity index is 1770. The van der Waals surface area contributed by atoms with E-state index in [9.17, 15) is 22.4 Å². The number of hydrogen-bond donors (Lipinski definition) is 2. The summed E-state index contributed by atoms with van der Waals surface area (Å²) in [5, 5.41) is 5.38. The summed E-state index contributed by atoms with van der Waals surface area (Å²) in [6.07, 6.45) is -0.808. The number of nitrogens with zero attached hydrogens (tertiary/aromatic N) is 2. The van der Waals surface area contributed by atoms with E-state index in [0.29, 0.717) is 29.8 Å². The summed E-state index contributed by atoms with van der Waals surface area (Å²) >= 11 is 0. The number of sulfonamides is 1. The average Bonchev–Trinajstić information content (AvgIpc) is 2.98. The van der Waals surface area contributed by atoms with E-state index < -0.39 is 21.9 Å². The zero-order valence-corrected chi connectivity index (χ0v) is 25.1. The van der Waals surface area contributed by atoms with Crippen LogP contribution >= 0.6 is 0 Å². The maximum Gasteiger partial charge on any atom is 0.441 e. The van der Waals surface area contributed by atoms with E-state index in [4.69, 9.17) is 15.6 Å². The Morgan fingerprint density at radius 2 is 1.59 bits per heavy atom. The van der Waals surface area contributed by atoms with Gasteiger partial charge in [0, 0.05) is 24.2 Å². The Kier molecular flexibility index (Phi) is 10.2. The summed E-state index contributed by atoms with van der Waals surface area (Å²) in [7, 11) is -3.90. The van der Waals surface area contributed by atoms with E-state index >= 15 is 0 Å². The van der Waals surface area contributed by atoms with Crippen LogP contribution in [0.2, 0.25) is 0 Å². The van der Waals surface area contributed by atoms with Crippen molar-refractivity contribution < 1.29 is 27.1 Å². The topological polar surface area (TPSA) is 145 Å². The fraction of sp³-hybridized carbons (Fsp3) is 0.182. The highest BCUT2D eigenvalue weighted by Crippen LogP contribution is 2.27. The first-order chi connectivity index (χ1) is 20.9. The normalized spacial score (nSPS) is 11.8. The molecule has 0 aliphatic rings. The van der Waals surface area contributed by atoms with Crippen LogP contribution in [0.4, 0.5) is 9.18 Å². The van der Waals surface area contributed by atoms with Crippen LogP contribution in [0.1, 0.15) is 30.5 Å². The molecule has 4 aromatic rings. The number of benzene rings is 4. The minimum absolute atomic E-state index is 0.0321. The third-order valence-corrected chi connectivity index (χ3v) is 7.55. The summed E-state index contributed by atoms with van der Waals surface area (Å²) in [5.74, 6) is -0.285. The quantitative estimate of drug-likeness (QED) is 0.183. The van der Waals surface area contributed by atoms with Gasteiger partial charge in [-0.25, -0.2) is 22.7 Å². The summed E-state index contributed by atoms with van der Waals surface area (Å²) in [6.45, 7) is 4.85. The van der Waals surface area contributed by atoms with Gasteiger partial charge in [0.2, 0.25) is 15.9 Å². The zero-order chi connectivity index (χ0) is 31.9. The number of halogens is 1. The Morgan fingerprint density at radius 3 is 2.25 bits per heavy atom. The van der Waals surface area contributed by atoms with Gasteiger partial charge in [-0.15, -0.1) is 0 Å². The molecule has 0 fully saturated rings. The fourth-order valence-electron chi connectivity index (χ4n) is 4.58. The van der Waals surface area contributed by atoms with Gasteiger partial charge in [-0.2, -0.15) is 4.99 Å². The van der Waals surface area contributed by atoms with Crippen molar-refractivity contribution in [3.63, 3.8) is 0 Å². The molecule has 0 atom stereocenters. The minimum Gasteiger partial charge on any atom is -0.409 e. The molecule has 0 aromatic heterocycles. The van der Waals surface area contributed by atoms with E-state index in [1.54, 1.807) is 65.6 Å². The Balaban J connectivity index is 1.46. The molecule has 228 valence electrons.